The molecule has 2 spiro atoms. The molecule has 2 bridgehead atoms. The van der Waals surface area contributed by atoms with Gasteiger partial charge in [-0.2, -0.15) is 13.2 Å². The Bertz CT molecular complexity index is 1970. The zero-order valence-corrected chi connectivity index (χ0v) is 33.1. The molecule has 6 nitrogen and oxygen atoms in total. The van der Waals surface area contributed by atoms with Gasteiger partial charge in [-0.1, -0.05) is 80.6 Å². The maximum atomic E-state index is 14.9. The van der Waals surface area contributed by atoms with Gasteiger partial charge < -0.3 is 20.1 Å². The minimum atomic E-state index is -4.59. The van der Waals surface area contributed by atoms with Crippen molar-refractivity contribution in [3.05, 3.63) is 117 Å². The lowest BCUT2D eigenvalue weighted by molar-refractivity contribution is -0.177. The van der Waals surface area contributed by atoms with Crippen molar-refractivity contribution in [1.82, 2.24) is 4.90 Å². The van der Waals surface area contributed by atoms with E-state index in [-0.39, 0.29) is 29.4 Å². The molecule has 2 aromatic carbocycles. The van der Waals surface area contributed by atoms with Crippen LogP contribution in [-0.4, -0.2) is 70.1 Å². The molecule has 9 unspecified atom stereocenters. The SMILES string of the molecule is CC12CCC(O)CC13C=CC1(C(C(=O)c4cccc(C(F)(F)F)c4)=C3)C2CCC2(C)C1CCC2(O)CN(CCc1cccs1)CC(O)COCc1ccccc1. The zero-order valence-electron chi connectivity index (χ0n) is 32.3. The minimum absolute atomic E-state index is 0.0124. The highest BCUT2D eigenvalue weighted by molar-refractivity contribution is 7.09. The van der Waals surface area contributed by atoms with E-state index < -0.39 is 51.6 Å². The van der Waals surface area contributed by atoms with Gasteiger partial charge in [0, 0.05) is 51.9 Å². The first kappa shape index (κ1) is 39.7. The van der Waals surface area contributed by atoms with Crippen molar-refractivity contribution in [2.75, 3.05) is 26.2 Å². The predicted octanol–water partition coefficient (Wildman–Crippen LogP) is 8.66. The van der Waals surface area contributed by atoms with Crippen molar-refractivity contribution in [3.8, 4) is 0 Å². The van der Waals surface area contributed by atoms with E-state index in [9.17, 15) is 33.3 Å². The van der Waals surface area contributed by atoms with Gasteiger partial charge in [0.05, 0.1) is 36.6 Å². The van der Waals surface area contributed by atoms with Gasteiger partial charge in [-0.3, -0.25) is 9.69 Å². The topological polar surface area (TPSA) is 90.2 Å². The number of alkyl halides is 3. The number of fused-ring (bicyclic) bond motifs is 1. The molecule has 9 atom stereocenters. The molecule has 56 heavy (non-hydrogen) atoms. The molecule has 3 saturated carbocycles. The van der Waals surface area contributed by atoms with E-state index in [1.54, 1.807) is 11.3 Å². The van der Waals surface area contributed by atoms with Crippen LogP contribution in [0.5, 0.6) is 0 Å². The summed E-state index contributed by atoms with van der Waals surface area (Å²) < 4.78 is 47.8. The van der Waals surface area contributed by atoms with Gasteiger partial charge in [0.15, 0.2) is 5.78 Å². The van der Waals surface area contributed by atoms with Crippen LogP contribution in [-0.2, 0) is 23.9 Å². The lowest BCUT2D eigenvalue weighted by Crippen LogP contribution is -2.67. The smallest absolute Gasteiger partial charge is 0.393 e. The molecular formula is C46H54F3NO5S. The summed E-state index contributed by atoms with van der Waals surface area (Å²) in [7, 11) is 0. The molecule has 1 aromatic heterocycles. The number of ketones is 1. The Morgan fingerprint density at radius 2 is 1.71 bits per heavy atom. The Morgan fingerprint density at radius 1 is 0.964 bits per heavy atom. The molecule has 0 saturated heterocycles. The van der Waals surface area contributed by atoms with Gasteiger partial charge in [-0.25, -0.2) is 0 Å². The second-order valence-corrected chi connectivity index (χ2v) is 19.0. The number of allylic oxidation sites excluding steroid dienone is 4. The molecule has 300 valence electrons. The maximum Gasteiger partial charge on any atom is 0.416 e. The quantitative estimate of drug-likeness (QED) is 0.119. The summed E-state index contributed by atoms with van der Waals surface area (Å²) in [5.41, 5.74) is -2.75. The molecule has 0 aliphatic heterocycles. The summed E-state index contributed by atoms with van der Waals surface area (Å²) in [6.45, 7) is 6.28. The summed E-state index contributed by atoms with van der Waals surface area (Å²) in [5, 5.41) is 37.4. The standard InChI is InChI=1S/C46H54F3NO5S/c1-41-17-13-34(51)25-43(41)20-21-45(37(26-43)40(53)32-10-6-11-33(24-32)46(47,48)49)38(41)14-18-42(2)39(45)15-19-44(42,54)30-50(22-16-36-12-7-23-56-36)27-35(52)29-55-28-31-8-4-3-5-9-31/h3-12,20-21,23-24,26,34-35,38-39,51-52,54H,13-19,22,25,27-30H2,1-2H3. The molecule has 9 rings (SSSR count). The van der Waals surface area contributed by atoms with Crippen molar-refractivity contribution in [2.24, 2.45) is 33.5 Å². The minimum Gasteiger partial charge on any atom is -0.393 e. The highest BCUT2D eigenvalue weighted by atomic mass is 32.1. The van der Waals surface area contributed by atoms with E-state index in [1.165, 1.54) is 17.0 Å². The third kappa shape index (κ3) is 6.56. The van der Waals surface area contributed by atoms with Gasteiger partial charge in [-0.15, -0.1) is 11.3 Å². The van der Waals surface area contributed by atoms with Gasteiger partial charge in [0.2, 0.25) is 0 Å². The van der Waals surface area contributed by atoms with Crippen LogP contribution >= 0.6 is 11.3 Å². The number of Topliss-reactive ketones (excluding diaryl/α,β-unsaturated/α-hetero) is 1. The van der Waals surface area contributed by atoms with Crippen molar-refractivity contribution < 1.29 is 38.0 Å². The first-order valence-corrected chi connectivity index (χ1v) is 21.1. The van der Waals surface area contributed by atoms with E-state index in [1.807, 2.05) is 42.5 Å². The number of aliphatic hydroxyl groups excluding tert-OH is 2. The Morgan fingerprint density at radius 3 is 2.46 bits per heavy atom. The first-order valence-electron chi connectivity index (χ1n) is 20.2. The highest BCUT2D eigenvalue weighted by Crippen LogP contribution is 2.78. The lowest BCUT2D eigenvalue weighted by atomic mass is 9.32. The lowest BCUT2D eigenvalue weighted by Gasteiger charge is -2.71. The number of aliphatic hydroxyl groups is 3. The monoisotopic (exact) mass is 789 g/mol. The summed E-state index contributed by atoms with van der Waals surface area (Å²) >= 11 is 1.69. The van der Waals surface area contributed by atoms with Crippen LogP contribution in [0.25, 0.3) is 0 Å². The van der Waals surface area contributed by atoms with Crippen LogP contribution in [0.3, 0.4) is 0 Å². The third-order valence-electron chi connectivity index (χ3n) is 15.0. The Labute approximate surface area is 332 Å². The third-order valence-corrected chi connectivity index (χ3v) is 16.0. The van der Waals surface area contributed by atoms with Crippen LogP contribution in [0, 0.1) is 33.5 Å². The van der Waals surface area contributed by atoms with E-state index in [2.05, 4.69) is 42.3 Å². The molecule has 0 radical (unpaired) electrons. The molecule has 3 fully saturated rings. The van der Waals surface area contributed by atoms with Crippen molar-refractivity contribution in [1.29, 1.82) is 0 Å². The van der Waals surface area contributed by atoms with E-state index in [4.69, 9.17) is 4.74 Å². The molecule has 0 amide bonds. The van der Waals surface area contributed by atoms with Gasteiger partial charge in [-0.05, 0) is 97.8 Å². The largest absolute Gasteiger partial charge is 0.416 e. The summed E-state index contributed by atoms with van der Waals surface area (Å²) in [6.07, 6.45) is 5.81. The van der Waals surface area contributed by atoms with E-state index in [0.29, 0.717) is 57.5 Å². The number of benzene rings is 2. The fourth-order valence-electron chi connectivity index (χ4n) is 12.2. The molecule has 6 aliphatic rings. The number of nitrogens with zero attached hydrogens (tertiary/aromatic N) is 1. The number of carbonyl (C=O) groups is 1. The first-order chi connectivity index (χ1) is 26.6. The van der Waals surface area contributed by atoms with E-state index >= 15 is 0 Å². The van der Waals surface area contributed by atoms with E-state index in [0.717, 1.165) is 43.4 Å². The second-order valence-electron chi connectivity index (χ2n) is 17.9. The fourth-order valence-corrected chi connectivity index (χ4v) is 12.9. The van der Waals surface area contributed by atoms with Crippen LogP contribution < -0.4 is 0 Å². The summed E-state index contributed by atoms with van der Waals surface area (Å²) in [6, 6.07) is 18.7. The van der Waals surface area contributed by atoms with Crippen LogP contribution in [0.2, 0.25) is 0 Å². The fraction of sp³-hybridized carbons (Fsp3) is 0.543. The van der Waals surface area contributed by atoms with Gasteiger partial charge >= 0.3 is 6.18 Å². The highest BCUT2D eigenvalue weighted by Gasteiger charge is 2.74. The van der Waals surface area contributed by atoms with Crippen LogP contribution in [0.4, 0.5) is 13.2 Å². The Balaban J connectivity index is 1.12. The molecular weight excluding hydrogens is 736 g/mol. The van der Waals surface area contributed by atoms with Crippen molar-refractivity contribution in [2.45, 2.75) is 95.8 Å². The molecule has 10 heteroatoms. The number of halogens is 3. The predicted molar refractivity (Wildman–Crippen MR) is 211 cm³/mol. The van der Waals surface area contributed by atoms with Crippen molar-refractivity contribution >= 4 is 17.1 Å². The number of rotatable bonds is 13. The number of ether oxygens (including phenoxy) is 1. The summed E-state index contributed by atoms with van der Waals surface area (Å²) in [5.74, 6) is -0.541. The Hall–Kier alpha value is -3.12. The van der Waals surface area contributed by atoms with Gasteiger partial charge in [0.1, 0.15) is 0 Å². The molecule has 6 aliphatic carbocycles. The zero-order chi connectivity index (χ0) is 39.6. The molecule has 1 heterocycles. The second kappa shape index (κ2) is 14.6. The van der Waals surface area contributed by atoms with Gasteiger partial charge in [0.25, 0.3) is 0 Å². The number of thiophene rings is 1. The Kier molecular flexibility index (Phi) is 10.4. The summed E-state index contributed by atoms with van der Waals surface area (Å²) in [4.78, 5) is 18.3. The maximum absolute atomic E-state index is 14.9. The number of hydrogen-bond acceptors (Lipinski definition) is 7. The van der Waals surface area contributed by atoms with Crippen molar-refractivity contribution in [3.63, 3.8) is 0 Å². The molecule has 3 N–H and O–H groups in total. The number of hydrogen-bond donors (Lipinski definition) is 3. The average molecular weight is 790 g/mol. The normalized spacial score (nSPS) is 35.2. The van der Waals surface area contributed by atoms with Crippen LogP contribution in [0.1, 0.15) is 85.2 Å². The average Bonchev–Trinajstić information content (AvgIpc) is 3.79. The molecule has 3 aromatic rings. The number of carbonyl (C=O) groups excluding carboxylic acids is 1. The van der Waals surface area contributed by atoms with Crippen LogP contribution in [0.15, 0.2) is 95.9 Å².